The normalized spacial score (nSPS) is 11.4. The molecule has 0 bridgehead atoms. The molecule has 0 aliphatic rings. The summed E-state index contributed by atoms with van der Waals surface area (Å²) < 4.78 is 29.7. The molecule has 0 atom stereocenters. The number of fused-ring (bicyclic) bond motifs is 1. The lowest BCUT2D eigenvalue weighted by Crippen LogP contribution is -2.09. The van der Waals surface area contributed by atoms with Crippen molar-refractivity contribution in [1.29, 1.82) is 0 Å². The van der Waals surface area contributed by atoms with Gasteiger partial charge in [0.2, 0.25) is 0 Å². The molecule has 0 aliphatic heterocycles. The summed E-state index contributed by atoms with van der Waals surface area (Å²) in [7, 11) is -3.80. The van der Waals surface area contributed by atoms with Crippen molar-refractivity contribution in [3.05, 3.63) is 72.8 Å². The molecule has 0 aliphatic carbocycles. The van der Waals surface area contributed by atoms with E-state index in [1.807, 2.05) is 30.3 Å². The van der Waals surface area contributed by atoms with E-state index in [0.717, 1.165) is 10.8 Å². The first-order chi connectivity index (χ1) is 9.67. The van der Waals surface area contributed by atoms with Crippen LogP contribution in [0.1, 0.15) is 0 Å². The Hall–Kier alpha value is -2.33. The SMILES string of the molecule is O=S(=O)(Oc1cccc2ccccc12)c1ccccc1. The third kappa shape index (κ3) is 2.38. The van der Waals surface area contributed by atoms with Crippen molar-refractivity contribution < 1.29 is 12.6 Å². The molecule has 0 N–H and O–H groups in total. The molecule has 4 heteroatoms. The van der Waals surface area contributed by atoms with Crippen LogP contribution >= 0.6 is 0 Å². The summed E-state index contributed by atoms with van der Waals surface area (Å²) in [6, 6.07) is 21.0. The van der Waals surface area contributed by atoms with Crippen LogP contribution in [0.3, 0.4) is 0 Å². The molecule has 3 aromatic rings. The zero-order chi connectivity index (χ0) is 14.0. The van der Waals surface area contributed by atoms with Gasteiger partial charge in [0.05, 0.1) is 0 Å². The first-order valence-corrected chi connectivity index (χ1v) is 7.55. The molecule has 3 rings (SSSR count). The topological polar surface area (TPSA) is 43.4 Å². The van der Waals surface area contributed by atoms with Gasteiger partial charge < -0.3 is 4.18 Å². The monoisotopic (exact) mass is 284 g/mol. The highest BCUT2D eigenvalue weighted by Gasteiger charge is 2.17. The van der Waals surface area contributed by atoms with Crippen LogP contribution in [0.2, 0.25) is 0 Å². The molecule has 0 heterocycles. The first kappa shape index (κ1) is 12.7. The second kappa shape index (κ2) is 4.98. The maximum atomic E-state index is 12.2. The van der Waals surface area contributed by atoms with Gasteiger partial charge in [-0.3, -0.25) is 0 Å². The van der Waals surface area contributed by atoms with Crippen molar-refractivity contribution in [3.8, 4) is 5.75 Å². The highest BCUT2D eigenvalue weighted by atomic mass is 32.2. The van der Waals surface area contributed by atoms with Crippen LogP contribution in [0, 0.1) is 0 Å². The number of rotatable bonds is 3. The van der Waals surface area contributed by atoms with Gasteiger partial charge in [-0.05, 0) is 23.6 Å². The Kier molecular flexibility index (Phi) is 3.16. The number of hydrogen-bond donors (Lipinski definition) is 0. The fraction of sp³-hybridized carbons (Fsp3) is 0. The minimum absolute atomic E-state index is 0.146. The van der Waals surface area contributed by atoms with Gasteiger partial charge in [0.15, 0.2) is 5.75 Å². The molecular formula is C16H12O3S. The van der Waals surface area contributed by atoms with Crippen molar-refractivity contribution in [1.82, 2.24) is 0 Å². The Bertz CT molecular complexity index is 834. The van der Waals surface area contributed by atoms with Gasteiger partial charge in [0, 0.05) is 5.39 Å². The highest BCUT2D eigenvalue weighted by Crippen LogP contribution is 2.27. The Labute approximate surface area is 117 Å². The largest absolute Gasteiger partial charge is 0.378 e. The Balaban J connectivity index is 2.06. The van der Waals surface area contributed by atoms with Crippen LogP contribution in [0.5, 0.6) is 5.75 Å². The van der Waals surface area contributed by atoms with Gasteiger partial charge in [0.1, 0.15) is 4.90 Å². The lowest BCUT2D eigenvalue weighted by Gasteiger charge is -2.09. The van der Waals surface area contributed by atoms with Crippen LogP contribution in [-0.4, -0.2) is 8.42 Å². The van der Waals surface area contributed by atoms with E-state index in [-0.39, 0.29) is 4.90 Å². The smallest absolute Gasteiger partial charge is 0.339 e. The van der Waals surface area contributed by atoms with Crippen LogP contribution in [-0.2, 0) is 10.1 Å². The Morgan fingerprint density at radius 2 is 1.35 bits per heavy atom. The summed E-state index contributed by atoms with van der Waals surface area (Å²) in [5, 5.41) is 1.71. The maximum absolute atomic E-state index is 12.2. The maximum Gasteiger partial charge on any atom is 0.339 e. The molecule has 20 heavy (non-hydrogen) atoms. The molecule has 0 aromatic heterocycles. The third-order valence-electron chi connectivity index (χ3n) is 2.98. The van der Waals surface area contributed by atoms with Crippen molar-refractivity contribution in [3.63, 3.8) is 0 Å². The van der Waals surface area contributed by atoms with Crippen LogP contribution < -0.4 is 4.18 Å². The predicted molar refractivity (Wildman–Crippen MR) is 78.2 cm³/mol. The van der Waals surface area contributed by atoms with Crippen LogP contribution in [0.15, 0.2) is 77.7 Å². The average molecular weight is 284 g/mol. The fourth-order valence-corrected chi connectivity index (χ4v) is 2.99. The van der Waals surface area contributed by atoms with Gasteiger partial charge in [-0.1, -0.05) is 54.6 Å². The average Bonchev–Trinajstić information content (AvgIpc) is 2.48. The van der Waals surface area contributed by atoms with E-state index in [4.69, 9.17) is 4.18 Å². The van der Waals surface area contributed by atoms with Crippen LogP contribution in [0.4, 0.5) is 0 Å². The Morgan fingerprint density at radius 1 is 0.700 bits per heavy atom. The van der Waals surface area contributed by atoms with E-state index in [0.29, 0.717) is 5.75 Å². The molecule has 0 fully saturated rings. The first-order valence-electron chi connectivity index (χ1n) is 6.14. The van der Waals surface area contributed by atoms with E-state index >= 15 is 0 Å². The van der Waals surface area contributed by atoms with Crippen molar-refractivity contribution >= 4 is 20.9 Å². The van der Waals surface area contributed by atoms with Crippen molar-refractivity contribution in [2.75, 3.05) is 0 Å². The quantitative estimate of drug-likeness (QED) is 0.690. The Morgan fingerprint density at radius 3 is 2.15 bits per heavy atom. The number of benzene rings is 3. The van der Waals surface area contributed by atoms with Gasteiger partial charge in [-0.15, -0.1) is 0 Å². The van der Waals surface area contributed by atoms with Crippen molar-refractivity contribution in [2.45, 2.75) is 4.90 Å². The molecule has 0 radical (unpaired) electrons. The van der Waals surface area contributed by atoms with Gasteiger partial charge >= 0.3 is 10.1 Å². The summed E-state index contributed by atoms with van der Waals surface area (Å²) in [5.41, 5.74) is 0. The third-order valence-corrected chi connectivity index (χ3v) is 4.23. The summed E-state index contributed by atoms with van der Waals surface area (Å²) in [4.78, 5) is 0.146. The minimum atomic E-state index is -3.80. The molecule has 3 nitrogen and oxygen atoms in total. The zero-order valence-electron chi connectivity index (χ0n) is 10.6. The second-order valence-corrected chi connectivity index (χ2v) is 5.87. The van der Waals surface area contributed by atoms with E-state index < -0.39 is 10.1 Å². The molecule has 0 spiro atoms. The van der Waals surface area contributed by atoms with Gasteiger partial charge in [0.25, 0.3) is 0 Å². The summed E-state index contributed by atoms with van der Waals surface area (Å²) in [6.07, 6.45) is 0. The summed E-state index contributed by atoms with van der Waals surface area (Å²) in [5.74, 6) is 0.340. The molecule has 0 unspecified atom stereocenters. The minimum Gasteiger partial charge on any atom is -0.378 e. The summed E-state index contributed by atoms with van der Waals surface area (Å²) >= 11 is 0. The molecule has 0 saturated heterocycles. The number of hydrogen-bond acceptors (Lipinski definition) is 3. The molecular weight excluding hydrogens is 272 g/mol. The standard InChI is InChI=1S/C16H12O3S/c17-20(18,14-9-2-1-3-10-14)19-16-12-6-8-13-7-4-5-11-15(13)16/h1-12H. The predicted octanol–water partition coefficient (Wildman–Crippen LogP) is 3.61. The molecule has 0 saturated carbocycles. The molecule has 100 valence electrons. The van der Waals surface area contributed by atoms with Crippen molar-refractivity contribution in [2.24, 2.45) is 0 Å². The lowest BCUT2D eigenvalue weighted by atomic mass is 10.1. The van der Waals surface area contributed by atoms with E-state index in [1.54, 1.807) is 30.3 Å². The fourth-order valence-electron chi connectivity index (χ4n) is 2.02. The highest BCUT2D eigenvalue weighted by molar-refractivity contribution is 7.87. The van der Waals surface area contributed by atoms with E-state index in [1.165, 1.54) is 12.1 Å². The van der Waals surface area contributed by atoms with Gasteiger partial charge in [-0.25, -0.2) is 0 Å². The van der Waals surface area contributed by atoms with Gasteiger partial charge in [-0.2, -0.15) is 8.42 Å². The molecule has 3 aromatic carbocycles. The second-order valence-electron chi connectivity index (χ2n) is 4.33. The van der Waals surface area contributed by atoms with E-state index in [9.17, 15) is 8.42 Å². The van der Waals surface area contributed by atoms with E-state index in [2.05, 4.69) is 0 Å². The zero-order valence-corrected chi connectivity index (χ0v) is 11.4. The summed E-state index contributed by atoms with van der Waals surface area (Å²) in [6.45, 7) is 0. The lowest BCUT2D eigenvalue weighted by molar-refractivity contribution is 0.489. The molecule has 0 amide bonds. The van der Waals surface area contributed by atoms with Crippen LogP contribution in [0.25, 0.3) is 10.8 Å².